The van der Waals surface area contributed by atoms with Crippen LogP contribution in [-0.2, 0) is 14.6 Å². The van der Waals surface area contributed by atoms with Crippen molar-refractivity contribution in [3.8, 4) is 0 Å². The average molecular weight is 173 g/mol. The first-order valence-electron chi connectivity index (χ1n) is 4.32. The molecule has 0 spiro atoms. The summed E-state index contributed by atoms with van der Waals surface area (Å²) in [7, 11) is 0. The first-order valence-corrected chi connectivity index (χ1v) is 4.32. The molecule has 0 aromatic carbocycles. The highest BCUT2D eigenvalue weighted by molar-refractivity contribution is 5.70. The number of carbonyl (C=O) groups is 1. The first kappa shape index (κ1) is 11.4. The van der Waals surface area contributed by atoms with Crippen molar-refractivity contribution in [3.05, 3.63) is 0 Å². The Kier molecular flexibility index (Phi) is 4.90. The summed E-state index contributed by atoms with van der Waals surface area (Å²) in [5.74, 6) is -0.386. The second-order valence-corrected chi connectivity index (χ2v) is 3.51. The van der Waals surface area contributed by atoms with Crippen molar-refractivity contribution < 1.29 is 14.6 Å². The molecule has 3 nitrogen and oxygen atoms in total. The summed E-state index contributed by atoms with van der Waals surface area (Å²) in [6.45, 7) is 5.42. The average Bonchev–Trinajstić information content (AvgIpc) is 1.84. The summed E-state index contributed by atoms with van der Waals surface area (Å²) in [5, 5.41) is 11.0. The maximum atomic E-state index is 11.0. The lowest BCUT2D eigenvalue weighted by Crippen LogP contribution is -2.23. The predicted octanol–water partition coefficient (Wildman–Crippen LogP) is 1.93. The molecular weight excluding hydrogens is 156 g/mol. The number of unbranched alkanes of at least 4 members (excludes halogenated alkanes) is 1. The van der Waals surface area contributed by atoms with E-state index < -0.39 is 5.60 Å². The zero-order valence-corrected chi connectivity index (χ0v) is 8.05. The third-order valence-corrected chi connectivity index (χ3v) is 1.33. The summed E-state index contributed by atoms with van der Waals surface area (Å²) >= 11 is 0. The second kappa shape index (κ2) is 5.14. The van der Waals surface area contributed by atoms with Gasteiger partial charge in [-0.15, -0.1) is 0 Å². The highest BCUT2D eigenvalue weighted by Crippen LogP contribution is 2.09. The number of hydrogen-bond donors (Lipinski definition) is 0. The lowest BCUT2D eigenvalue weighted by atomic mass is 10.1. The molecule has 0 aliphatic rings. The van der Waals surface area contributed by atoms with Gasteiger partial charge in [-0.25, -0.2) is 5.11 Å². The Morgan fingerprint density at radius 2 is 2.00 bits per heavy atom. The third-order valence-electron chi connectivity index (χ3n) is 1.33. The standard InChI is InChI=1S/C9H17O3/c1-4-5-6-12-8(10)7-9(2,3)11/h4-7H2,1-3H3. The Balaban J connectivity index is 3.47. The van der Waals surface area contributed by atoms with Gasteiger partial charge in [0.15, 0.2) is 0 Å². The van der Waals surface area contributed by atoms with Crippen molar-refractivity contribution in [2.45, 2.75) is 45.6 Å². The van der Waals surface area contributed by atoms with Gasteiger partial charge in [-0.2, -0.15) is 0 Å². The Bertz CT molecular complexity index is 135. The van der Waals surface area contributed by atoms with Gasteiger partial charge in [0.1, 0.15) is 5.60 Å². The summed E-state index contributed by atoms with van der Waals surface area (Å²) < 4.78 is 4.82. The zero-order valence-electron chi connectivity index (χ0n) is 8.05. The molecule has 1 radical (unpaired) electrons. The van der Waals surface area contributed by atoms with E-state index in [1.807, 2.05) is 6.92 Å². The fourth-order valence-electron chi connectivity index (χ4n) is 0.729. The minimum absolute atomic E-state index is 0.0449. The van der Waals surface area contributed by atoms with E-state index >= 15 is 0 Å². The van der Waals surface area contributed by atoms with E-state index in [0.29, 0.717) is 6.61 Å². The van der Waals surface area contributed by atoms with Crippen LogP contribution in [0, 0.1) is 0 Å². The fraction of sp³-hybridized carbons (Fsp3) is 0.889. The van der Waals surface area contributed by atoms with Crippen LogP contribution in [0.3, 0.4) is 0 Å². The van der Waals surface area contributed by atoms with Gasteiger partial charge < -0.3 is 4.74 Å². The maximum Gasteiger partial charge on any atom is 0.308 e. The van der Waals surface area contributed by atoms with Gasteiger partial charge in [-0.3, -0.25) is 4.79 Å². The first-order chi connectivity index (χ1) is 5.45. The van der Waals surface area contributed by atoms with E-state index in [2.05, 4.69) is 0 Å². The van der Waals surface area contributed by atoms with Crippen molar-refractivity contribution in [2.24, 2.45) is 0 Å². The van der Waals surface area contributed by atoms with Crippen molar-refractivity contribution in [2.75, 3.05) is 6.61 Å². The lowest BCUT2D eigenvalue weighted by Gasteiger charge is -2.12. The largest absolute Gasteiger partial charge is 0.466 e. The summed E-state index contributed by atoms with van der Waals surface area (Å²) in [6.07, 6.45) is 1.82. The smallest absolute Gasteiger partial charge is 0.308 e. The van der Waals surface area contributed by atoms with Gasteiger partial charge in [0.05, 0.1) is 13.0 Å². The monoisotopic (exact) mass is 173 g/mol. The minimum Gasteiger partial charge on any atom is -0.466 e. The minimum atomic E-state index is -1.21. The molecule has 0 saturated heterocycles. The molecule has 0 aromatic rings. The van der Waals surface area contributed by atoms with E-state index in [1.54, 1.807) is 0 Å². The maximum absolute atomic E-state index is 11.0. The van der Waals surface area contributed by atoms with Crippen LogP contribution in [0.1, 0.15) is 40.0 Å². The molecule has 0 atom stereocenters. The topological polar surface area (TPSA) is 46.2 Å². The number of hydrogen-bond acceptors (Lipinski definition) is 2. The molecule has 0 amide bonds. The summed E-state index contributed by atoms with van der Waals surface area (Å²) in [5.41, 5.74) is -1.21. The highest BCUT2D eigenvalue weighted by Gasteiger charge is 2.20. The summed E-state index contributed by atoms with van der Waals surface area (Å²) in [4.78, 5) is 10.9. The van der Waals surface area contributed by atoms with E-state index in [9.17, 15) is 9.90 Å². The molecule has 0 bridgehead atoms. The fourth-order valence-corrected chi connectivity index (χ4v) is 0.729. The van der Waals surface area contributed by atoms with Crippen molar-refractivity contribution in [1.29, 1.82) is 0 Å². The van der Waals surface area contributed by atoms with Gasteiger partial charge in [-0.05, 0) is 20.3 Å². The number of carbonyl (C=O) groups excluding carboxylic acids is 1. The van der Waals surface area contributed by atoms with E-state index in [1.165, 1.54) is 13.8 Å². The molecule has 71 valence electrons. The van der Waals surface area contributed by atoms with Crippen LogP contribution >= 0.6 is 0 Å². The molecule has 0 unspecified atom stereocenters. The Morgan fingerprint density at radius 1 is 1.42 bits per heavy atom. The summed E-state index contributed by atoms with van der Waals surface area (Å²) in [6, 6.07) is 0. The Morgan fingerprint density at radius 3 is 2.42 bits per heavy atom. The third kappa shape index (κ3) is 7.54. The van der Waals surface area contributed by atoms with Gasteiger partial charge in [0, 0.05) is 0 Å². The number of esters is 1. The van der Waals surface area contributed by atoms with Crippen LogP contribution in [0.2, 0.25) is 0 Å². The zero-order chi connectivity index (χ0) is 9.61. The molecule has 0 rings (SSSR count). The van der Waals surface area contributed by atoms with Crippen LogP contribution in [0.25, 0.3) is 0 Å². The van der Waals surface area contributed by atoms with Gasteiger partial charge >= 0.3 is 5.97 Å². The molecule has 0 fully saturated rings. The van der Waals surface area contributed by atoms with E-state index in [-0.39, 0.29) is 12.4 Å². The SMILES string of the molecule is CCCCOC(=O)CC(C)(C)[O]. The molecule has 0 saturated carbocycles. The van der Waals surface area contributed by atoms with Gasteiger partial charge in [0.25, 0.3) is 0 Å². The molecule has 3 heteroatoms. The highest BCUT2D eigenvalue weighted by atomic mass is 16.5. The van der Waals surface area contributed by atoms with Crippen LogP contribution in [-0.4, -0.2) is 18.2 Å². The lowest BCUT2D eigenvalue weighted by molar-refractivity contribution is -0.150. The molecular formula is C9H17O3. The molecule has 0 aliphatic heterocycles. The van der Waals surface area contributed by atoms with Crippen molar-refractivity contribution >= 4 is 5.97 Å². The van der Waals surface area contributed by atoms with E-state index in [0.717, 1.165) is 12.8 Å². The molecule has 0 heterocycles. The second-order valence-electron chi connectivity index (χ2n) is 3.51. The number of rotatable bonds is 5. The number of ether oxygens (including phenoxy) is 1. The van der Waals surface area contributed by atoms with Crippen molar-refractivity contribution in [1.82, 2.24) is 0 Å². The van der Waals surface area contributed by atoms with Crippen molar-refractivity contribution in [3.63, 3.8) is 0 Å². The van der Waals surface area contributed by atoms with Crippen LogP contribution in [0.5, 0.6) is 0 Å². The van der Waals surface area contributed by atoms with Crippen LogP contribution < -0.4 is 0 Å². The molecule has 12 heavy (non-hydrogen) atoms. The Labute approximate surface area is 73.7 Å². The van der Waals surface area contributed by atoms with Gasteiger partial charge in [-0.1, -0.05) is 13.3 Å². The van der Waals surface area contributed by atoms with E-state index in [4.69, 9.17) is 4.74 Å². The molecule has 0 N–H and O–H groups in total. The predicted molar refractivity (Wildman–Crippen MR) is 45.2 cm³/mol. The normalized spacial score (nSPS) is 11.3. The quantitative estimate of drug-likeness (QED) is 0.471. The Hall–Kier alpha value is -0.570. The molecule has 0 aliphatic carbocycles. The molecule has 0 aromatic heterocycles. The van der Waals surface area contributed by atoms with Gasteiger partial charge in [0.2, 0.25) is 0 Å². The van der Waals surface area contributed by atoms with Crippen LogP contribution in [0.15, 0.2) is 0 Å². The van der Waals surface area contributed by atoms with Crippen LogP contribution in [0.4, 0.5) is 0 Å².